The molecule has 4 fully saturated rings. The van der Waals surface area contributed by atoms with E-state index in [4.69, 9.17) is 67.4 Å². The Morgan fingerprint density at radius 1 is 0.553 bits per heavy atom. The zero-order valence-electron chi connectivity index (χ0n) is 46.2. The lowest BCUT2D eigenvalue weighted by molar-refractivity contribution is -0.325. The van der Waals surface area contributed by atoms with Gasteiger partial charge in [-0.2, -0.15) is 0 Å². The summed E-state index contributed by atoms with van der Waals surface area (Å²) in [6.45, 7) is 23.2. The molecule has 0 aromatic rings. The van der Waals surface area contributed by atoms with Crippen LogP contribution in [0.2, 0.25) is 26.2 Å². The number of aliphatic carboxylic acids is 2. The van der Waals surface area contributed by atoms with Crippen LogP contribution in [0.15, 0.2) is 0 Å². The van der Waals surface area contributed by atoms with Crippen molar-refractivity contribution in [2.75, 3.05) is 27.4 Å². The van der Waals surface area contributed by atoms with Crippen LogP contribution in [-0.2, 0) is 70.4 Å². The second-order valence-corrected chi connectivity index (χ2v) is 30.0. The summed E-state index contributed by atoms with van der Waals surface area (Å²) in [6, 6.07) is -2.19. The number of amides is 2. The second-order valence-electron chi connectivity index (χ2n) is 20.8. The van der Waals surface area contributed by atoms with Crippen LogP contribution < -0.4 is 10.6 Å². The number of hydrogen-bond acceptors (Lipinski definition) is 22. The number of rotatable bonds is 21. The molecule has 30 heteroatoms. The highest BCUT2D eigenvalue weighted by Crippen LogP contribution is 2.35. The molecule has 20 atom stereocenters. The largest absolute Gasteiger partial charge is 0.479 e. The SMILES string of the molecule is CC(=O)NC1C(OC2C(C(=O)O)OC(C(C)C)C(O)C2O)OC(CO[Si](C)(C)Cl)C(O)C1OC(C)C.CO.CO[Si](C)(C)OCC1OC(OC2C(C(=O)O)OC(C(C)C)C(O)C2O)C(NC(C)=O)C(OC(C)C)C1O.Cl. The Kier molecular flexibility index (Phi) is 30.4. The molecule has 0 aromatic carbocycles. The van der Waals surface area contributed by atoms with Crippen molar-refractivity contribution in [2.24, 2.45) is 11.8 Å². The van der Waals surface area contributed by atoms with Crippen molar-refractivity contribution in [1.29, 1.82) is 0 Å². The van der Waals surface area contributed by atoms with Crippen LogP contribution in [0.1, 0.15) is 69.2 Å². The number of carboxylic acid groups (broad SMARTS) is 2. The van der Waals surface area contributed by atoms with Gasteiger partial charge < -0.3 is 108 Å². The van der Waals surface area contributed by atoms with Gasteiger partial charge in [-0.3, -0.25) is 9.59 Å². The third-order valence-electron chi connectivity index (χ3n) is 12.3. The molecule has 76 heavy (non-hydrogen) atoms. The lowest BCUT2D eigenvalue weighted by Gasteiger charge is -2.48. The van der Waals surface area contributed by atoms with E-state index in [1.54, 1.807) is 81.6 Å². The second kappa shape index (κ2) is 32.0. The summed E-state index contributed by atoms with van der Waals surface area (Å²) in [7, 11) is -2.55. The van der Waals surface area contributed by atoms with Crippen LogP contribution in [0, 0.1) is 11.8 Å². The van der Waals surface area contributed by atoms with Gasteiger partial charge in [-0.05, 0) is 65.7 Å². The molecule has 4 saturated heterocycles. The van der Waals surface area contributed by atoms with Gasteiger partial charge in [0, 0.05) is 28.1 Å². The van der Waals surface area contributed by atoms with Crippen molar-refractivity contribution in [3.63, 3.8) is 0 Å². The smallest absolute Gasteiger partial charge is 0.335 e. The standard InChI is InChI=1S/C23H43NO12Si.C22H40ClNO11Si.CH4O.ClH/c1-10(2)18-16(27)17(28)20(21(35-18)22(29)30)36-23-14(24-12(5)25)19(33-11(3)4)15(26)13(34-23)9-32-37(7,8)31-6;1-9(2)17-15(27)16(28)19(20(34-17)21(29)30)35-22-13(24-11(5)25)18(32-10(3)4)14(26)12(33-22)8-31-36(6,7)23;1-2;/h10-11,13-21,23,26-28H,9H2,1-8H3,(H,24,25)(H,29,30);9-10,12-20,22,26-28H,8H2,1-7H3,(H,24,25)(H,29,30);2H,1H3;1H. The number of carbonyl (C=O) groups excluding carboxylic acids is 2. The van der Waals surface area contributed by atoms with E-state index in [0.29, 0.717) is 0 Å². The van der Waals surface area contributed by atoms with E-state index >= 15 is 0 Å². The van der Waals surface area contributed by atoms with E-state index in [2.05, 4.69) is 10.6 Å². The molecule has 4 heterocycles. The van der Waals surface area contributed by atoms with Gasteiger partial charge in [0.05, 0.1) is 37.6 Å². The molecule has 4 aliphatic heterocycles. The van der Waals surface area contributed by atoms with Gasteiger partial charge in [0.2, 0.25) is 11.8 Å². The lowest BCUT2D eigenvalue weighted by Crippen LogP contribution is -2.69. The minimum atomic E-state index is -2.54. The third kappa shape index (κ3) is 20.6. The number of carbonyl (C=O) groups is 4. The Labute approximate surface area is 458 Å². The molecule has 0 aliphatic carbocycles. The summed E-state index contributed by atoms with van der Waals surface area (Å²) < 4.78 is 63.8. The van der Waals surface area contributed by atoms with E-state index in [1.165, 1.54) is 21.0 Å². The maximum Gasteiger partial charge on any atom is 0.335 e. The number of carboxylic acids is 2. The molecule has 0 bridgehead atoms. The van der Waals surface area contributed by atoms with E-state index in [-0.39, 0.29) is 49.7 Å². The molecule has 20 unspecified atom stereocenters. The maximum absolute atomic E-state index is 12.1. The zero-order valence-corrected chi connectivity index (χ0v) is 49.8. The molecule has 0 spiro atoms. The number of nitrogens with one attached hydrogen (secondary N) is 2. The van der Waals surface area contributed by atoms with Crippen LogP contribution in [0.25, 0.3) is 0 Å². The van der Waals surface area contributed by atoms with Crippen LogP contribution in [0.4, 0.5) is 0 Å². The van der Waals surface area contributed by atoms with Crippen LogP contribution >= 0.6 is 23.5 Å². The predicted molar refractivity (Wildman–Crippen MR) is 276 cm³/mol. The normalized spacial score (nSPS) is 36.1. The van der Waals surface area contributed by atoms with Crippen LogP contribution in [0.5, 0.6) is 0 Å². The molecule has 26 nitrogen and oxygen atoms in total. The minimum absolute atomic E-state index is 0. The Bertz CT molecular complexity index is 1780. The van der Waals surface area contributed by atoms with Gasteiger partial charge in [-0.1, -0.05) is 27.7 Å². The molecule has 2 amide bonds. The summed E-state index contributed by atoms with van der Waals surface area (Å²) in [5, 5.41) is 97.0. The van der Waals surface area contributed by atoms with Gasteiger partial charge in [0.25, 0.3) is 7.63 Å². The average molecular weight is 1180 g/mol. The Morgan fingerprint density at radius 3 is 1.14 bits per heavy atom. The van der Waals surface area contributed by atoms with Gasteiger partial charge in [-0.25, -0.2) is 9.59 Å². The van der Waals surface area contributed by atoms with Crippen molar-refractivity contribution in [1.82, 2.24) is 10.6 Å². The number of halogens is 2. The van der Waals surface area contributed by atoms with Gasteiger partial charge in [0.1, 0.15) is 85.3 Å². The van der Waals surface area contributed by atoms with Crippen molar-refractivity contribution < 1.29 is 116 Å². The highest BCUT2D eigenvalue weighted by molar-refractivity contribution is 7.15. The van der Waals surface area contributed by atoms with Crippen LogP contribution in [-0.4, -0.2) is 248 Å². The molecule has 0 aromatic heterocycles. The molecule has 0 radical (unpaired) electrons. The van der Waals surface area contributed by atoms with Crippen molar-refractivity contribution in [3.05, 3.63) is 0 Å². The van der Waals surface area contributed by atoms with Crippen molar-refractivity contribution in [3.8, 4) is 0 Å². The van der Waals surface area contributed by atoms with Gasteiger partial charge >= 0.3 is 20.5 Å². The van der Waals surface area contributed by atoms with E-state index in [1.807, 2.05) is 0 Å². The van der Waals surface area contributed by atoms with E-state index in [0.717, 1.165) is 7.11 Å². The number of aliphatic hydroxyl groups is 7. The summed E-state index contributed by atoms with van der Waals surface area (Å²) >= 11 is 6.26. The highest BCUT2D eigenvalue weighted by atomic mass is 35.6. The highest BCUT2D eigenvalue weighted by Gasteiger charge is 2.56. The molecule has 4 rings (SSSR count). The molecule has 4 aliphatic rings. The molecule has 11 N–H and O–H groups in total. The van der Waals surface area contributed by atoms with Crippen molar-refractivity contribution >= 4 is 63.4 Å². The fraction of sp³-hybridized carbons (Fsp3) is 0.913. The molecule has 0 saturated carbocycles. The molecular weight excluding hydrogens is 1090 g/mol. The van der Waals surface area contributed by atoms with Crippen molar-refractivity contribution in [2.45, 2.75) is 230 Å². The Balaban J connectivity index is 0.000000727. The lowest BCUT2D eigenvalue weighted by atomic mass is 9.89. The van der Waals surface area contributed by atoms with E-state index < -0.39 is 162 Å². The Hall–Kier alpha value is -1.83. The number of ether oxygens (including phenoxy) is 8. The molecule has 448 valence electrons. The summed E-state index contributed by atoms with van der Waals surface area (Å²) in [4.78, 5) is 48.2. The fourth-order valence-corrected chi connectivity index (χ4v) is 10.0. The summed E-state index contributed by atoms with van der Waals surface area (Å²) in [6.07, 6.45) is -24.7. The average Bonchev–Trinajstić information content (AvgIpc) is 3.29. The first kappa shape index (κ1) is 72.2. The number of hydrogen-bond donors (Lipinski definition) is 11. The first-order chi connectivity index (χ1) is 34.6. The van der Waals surface area contributed by atoms with Gasteiger partial charge in [0.15, 0.2) is 24.8 Å². The predicted octanol–water partition coefficient (Wildman–Crippen LogP) is -0.677. The summed E-state index contributed by atoms with van der Waals surface area (Å²) in [5.74, 6) is -4.37. The zero-order chi connectivity index (χ0) is 57.8. The monoisotopic (exact) mass is 1180 g/mol. The fourth-order valence-electron chi connectivity index (χ4n) is 8.60. The maximum atomic E-state index is 12.1. The quantitative estimate of drug-likeness (QED) is 0.0501. The Morgan fingerprint density at radius 2 is 0.882 bits per heavy atom. The van der Waals surface area contributed by atoms with Gasteiger partial charge in [-0.15, -0.1) is 23.5 Å². The topological polar surface area (TPSA) is 376 Å². The first-order valence-electron chi connectivity index (χ1n) is 24.9. The number of aliphatic hydroxyl groups excluding tert-OH is 7. The van der Waals surface area contributed by atoms with E-state index in [9.17, 15) is 60.0 Å². The summed E-state index contributed by atoms with van der Waals surface area (Å²) in [5.41, 5.74) is 0. The first-order valence-corrected chi connectivity index (χ1v) is 31.6. The minimum Gasteiger partial charge on any atom is -0.479 e. The van der Waals surface area contributed by atoms with Crippen LogP contribution in [0.3, 0.4) is 0 Å². The molecular formula is C46H88Cl2N2O24Si2. The third-order valence-corrected chi connectivity index (χ3v) is 15.3.